The molecule has 0 aromatic carbocycles. The maximum Gasteiger partial charge on any atom is 0.0174 e. The zero-order valence-corrected chi connectivity index (χ0v) is 9.89. The minimum absolute atomic E-state index is 0.837. The number of likely N-dealkylation sites (tertiary alicyclic amines) is 1. The second-order valence-corrected chi connectivity index (χ2v) is 4.90. The van der Waals surface area contributed by atoms with Gasteiger partial charge >= 0.3 is 0 Å². The maximum atomic E-state index is 4.20. The molecule has 0 aliphatic carbocycles. The maximum absolute atomic E-state index is 4.20. The van der Waals surface area contributed by atoms with Crippen molar-refractivity contribution in [2.24, 2.45) is 5.92 Å². The fourth-order valence-electron chi connectivity index (χ4n) is 2.08. The number of nitrogens with zero attached hydrogens (tertiary/aromatic N) is 1. The lowest BCUT2D eigenvalue weighted by molar-refractivity contribution is 0.275. The van der Waals surface area contributed by atoms with Gasteiger partial charge in [0.05, 0.1) is 0 Å². The van der Waals surface area contributed by atoms with Crippen molar-refractivity contribution in [3.8, 4) is 0 Å². The summed E-state index contributed by atoms with van der Waals surface area (Å²) in [5, 5.41) is 0. The first kappa shape index (κ1) is 11.6. The van der Waals surface area contributed by atoms with Gasteiger partial charge in [-0.3, -0.25) is 0 Å². The summed E-state index contributed by atoms with van der Waals surface area (Å²) in [6, 6.07) is 0. The number of hydrogen-bond acceptors (Lipinski definition) is 1. The van der Waals surface area contributed by atoms with Gasteiger partial charge in [-0.2, -0.15) is 0 Å². The Labute approximate surface area is 89.2 Å². The molecule has 0 bridgehead atoms. The van der Waals surface area contributed by atoms with Crippen molar-refractivity contribution < 1.29 is 0 Å². The second-order valence-electron chi connectivity index (χ2n) is 4.90. The molecule has 1 aliphatic rings. The summed E-state index contributed by atoms with van der Waals surface area (Å²) in [7, 11) is 0. The molecule has 0 spiro atoms. The summed E-state index contributed by atoms with van der Waals surface area (Å²) in [5.74, 6) is 0.837. The van der Waals surface area contributed by atoms with E-state index >= 15 is 0 Å². The van der Waals surface area contributed by atoms with Gasteiger partial charge in [0.1, 0.15) is 0 Å². The van der Waals surface area contributed by atoms with Gasteiger partial charge < -0.3 is 4.90 Å². The van der Waals surface area contributed by atoms with E-state index in [1.165, 1.54) is 57.3 Å². The van der Waals surface area contributed by atoms with Crippen LogP contribution in [0.4, 0.5) is 0 Å². The van der Waals surface area contributed by atoms with E-state index in [9.17, 15) is 0 Å². The molecule has 82 valence electrons. The predicted molar refractivity (Wildman–Crippen MR) is 63.3 cm³/mol. The van der Waals surface area contributed by atoms with E-state index in [0.717, 1.165) is 5.92 Å². The van der Waals surface area contributed by atoms with E-state index in [-0.39, 0.29) is 0 Å². The summed E-state index contributed by atoms with van der Waals surface area (Å²) >= 11 is 0. The first-order chi connectivity index (χ1) is 6.70. The number of piperidine rings is 1. The summed E-state index contributed by atoms with van der Waals surface area (Å²) in [6.45, 7) is 11.3. The van der Waals surface area contributed by atoms with Crippen molar-refractivity contribution in [3.63, 3.8) is 0 Å². The fraction of sp³-hybridized carbons (Fsp3) is 0.846. The average molecular weight is 195 g/mol. The Bertz CT molecular complexity index is 166. The number of hydrogen-bond donors (Lipinski definition) is 0. The Kier molecular flexibility index (Phi) is 5.06. The summed E-state index contributed by atoms with van der Waals surface area (Å²) in [4.78, 5) is 2.49. The molecule has 0 amide bonds. The quantitative estimate of drug-likeness (QED) is 0.644. The molecule has 0 N–H and O–H groups in total. The van der Waals surface area contributed by atoms with Crippen LogP contribution in [0, 0.1) is 5.92 Å². The minimum atomic E-state index is 0.837. The third-order valence-electron chi connectivity index (χ3n) is 3.05. The van der Waals surface area contributed by atoms with Crippen molar-refractivity contribution in [2.45, 2.75) is 52.4 Å². The zero-order valence-electron chi connectivity index (χ0n) is 9.89. The van der Waals surface area contributed by atoms with Crippen LogP contribution in [-0.4, -0.2) is 18.0 Å². The Morgan fingerprint density at radius 2 is 1.86 bits per heavy atom. The van der Waals surface area contributed by atoms with Gasteiger partial charge in [0.2, 0.25) is 0 Å². The van der Waals surface area contributed by atoms with E-state index in [2.05, 4.69) is 25.3 Å². The highest BCUT2D eigenvalue weighted by molar-refractivity contribution is 4.94. The van der Waals surface area contributed by atoms with Crippen LogP contribution in [0.3, 0.4) is 0 Å². The van der Waals surface area contributed by atoms with Gasteiger partial charge in [0.25, 0.3) is 0 Å². The van der Waals surface area contributed by atoms with Crippen molar-refractivity contribution >= 4 is 0 Å². The molecule has 1 heterocycles. The molecule has 1 heteroatoms. The van der Waals surface area contributed by atoms with Crippen molar-refractivity contribution in [1.82, 2.24) is 4.90 Å². The van der Waals surface area contributed by atoms with Crippen molar-refractivity contribution in [2.75, 3.05) is 13.1 Å². The fourth-order valence-corrected chi connectivity index (χ4v) is 2.08. The lowest BCUT2D eigenvalue weighted by atomic mass is 10.0. The molecule has 0 radical (unpaired) electrons. The smallest absolute Gasteiger partial charge is 0.0174 e. The first-order valence-electron chi connectivity index (χ1n) is 6.13. The molecule has 0 atom stereocenters. The highest BCUT2D eigenvalue weighted by Gasteiger charge is 2.11. The van der Waals surface area contributed by atoms with Crippen LogP contribution in [0.25, 0.3) is 0 Å². The first-order valence-corrected chi connectivity index (χ1v) is 6.13. The largest absolute Gasteiger partial charge is 0.375 e. The monoisotopic (exact) mass is 195 g/mol. The van der Waals surface area contributed by atoms with Crippen LogP contribution < -0.4 is 0 Å². The molecule has 0 unspecified atom stereocenters. The SMILES string of the molecule is C=C(CCCC(C)C)N1CCCCC1. The second kappa shape index (κ2) is 6.10. The third kappa shape index (κ3) is 4.17. The highest BCUT2D eigenvalue weighted by atomic mass is 15.1. The molecular formula is C13H25N. The van der Waals surface area contributed by atoms with E-state index in [4.69, 9.17) is 0 Å². The molecule has 0 aromatic heterocycles. The summed E-state index contributed by atoms with van der Waals surface area (Å²) < 4.78 is 0. The molecule has 1 saturated heterocycles. The van der Waals surface area contributed by atoms with Crippen molar-refractivity contribution in [3.05, 3.63) is 12.3 Å². The van der Waals surface area contributed by atoms with Crippen LogP contribution in [0.2, 0.25) is 0 Å². The highest BCUT2D eigenvalue weighted by Crippen LogP contribution is 2.18. The van der Waals surface area contributed by atoms with Crippen LogP contribution in [0.5, 0.6) is 0 Å². The Morgan fingerprint density at radius 3 is 2.43 bits per heavy atom. The lowest BCUT2D eigenvalue weighted by Crippen LogP contribution is -2.28. The van der Waals surface area contributed by atoms with Crippen LogP contribution >= 0.6 is 0 Å². The van der Waals surface area contributed by atoms with Crippen molar-refractivity contribution in [1.29, 1.82) is 0 Å². The number of rotatable bonds is 5. The van der Waals surface area contributed by atoms with Gasteiger partial charge in [0, 0.05) is 18.8 Å². The molecule has 0 aromatic rings. The standard InChI is InChI=1S/C13H25N/c1-12(2)8-7-9-13(3)14-10-5-4-6-11-14/h12H,3-11H2,1-2H3. The lowest BCUT2D eigenvalue weighted by Gasteiger charge is -2.30. The van der Waals surface area contributed by atoms with E-state index in [1.807, 2.05) is 0 Å². The van der Waals surface area contributed by atoms with E-state index in [0.29, 0.717) is 0 Å². The van der Waals surface area contributed by atoms with Gasteiger partial charge in [-0.15, -0.1) is 0 Å². The van der Waals surface area contributed by atoms with Gasteiger partial charge in [-0.25, -0.2) is 0 Å². The molecule has 1 nitrogen and oxygen atoms in total. The zero-order chi connectivity index (χ0) is 10.4. The van der Waals surface area contributed by atoms with E-state index < -0.39 is 0 Å². The van der Waals surface area contributed by atoms with Crippen LogP contribution in [0.1, 0.15) is 52.4 Å². The average Bonchev–Trinajstić information content (AvgIpc) is 2.18. The number of allylic oxidation sites excluding steroid dienone is 1. The topological polar surface area (TPSA) is 3.24 Å². The molecule has 1 aliphatic heterocycles. The minimum Gasteiger partial charge on any atom is -0.375 e. The van der Waals surface area contributed by atoms with Crippen LogP contribution in [-0.2, 0) is 0 Å². The molecule has 1 rings (SSSR count). The summed E-state index contributed by atoms with van der Waals surface area (Å²) in [5.41, 5.74) is 1.38. The van der Waals surface area contributed by atoms with E-state index in [1.54, 1.807) is 0 Å². The third-order valence-corrected chi connectivity index (χ3v) is 3.05. The van der Waals surface area contributed by atoms with Gasteiger partial charge in [-0.05, 0) is 38.0 Å². The van der Waals surface area contributed by atoms with Crippen LogP contribution in [0.15, 0.2) is 12.3 Å². The Balaban J connectivity index is 2.13. The normalized spacial score (nSPS) is 17.5. The summed E-state index contributed by atoms with van der Waals surface area (Å²) in [6.07, 6.45) is 8.00. The predicted octanol–water partition coefficient (Wildman–Crippen LogP) is 3.81. The molecule has 0 saturated carbocycles. The Hall–Kier alpha value is -0.460. The molecule has 14 heavy (non-hydrogen) atoms. The van der Waals surface area contributed by atoms with Gasteiger partial charge in [-0.1, -0.05) is 26.8 Å². The molecule has 1 fully saturated rings. The Morgan fingerprint density at radius 1 is 1.21 bits per heavy atom. The molecular weight excluding hydrogens is 170 g/mol. The van der Waals surface area contributed by atoms with Gasteiger partial charge in [0.15, 0.2) is 0 Å².